The second-order valence-corrected chi connectivity index (χ2v) is 5.88. The molecule has 3 atom stereocenters. The van der Waals surface area contributed by atoms with Crippen LogP contribution in [-0.2, 0) is 9.53 Å². The number of fused-ring (bicyclic) bond motifs is 1. The van der Waals surface area contributed by atoms with E-state index >= 15 is 0 Å². The monoisotopic (exact) mass is 286 g/mol. The van der Waals surface area contributed by atoms with Gasteiger partial charge in [0.05, 0.1) is 12.0 Å². The Bertz CT molecular complexity index is 541. The van der Waals surface area contributed by atoms with E-state index in [0.29, 0.717) is 12.6 Å². The number of nitrogens with zero attached hydrogens (tertiary/aromatic N) is 2. The van der Waals surface area contributed by atoms with Crippen molar-refractivity contribution in [2.75, 3.05) is 6.61 Å². The topological polar surface area (TPSA) is 41.9 Å². The summed E-state index contributed by atoms with van der Waals surface area (Å²) in [4.78, 5) is 18.4. The fraction of sp³-hybridized carbons (Fsp3) is 0.529. The van der Waals surface area contributed by atoms with Gasteiger partial charge in [-0.2, -0.15) is 4.99 Å². The Balaban J connectivity index is 1.92. The highest BCUT2D eigenvalue weighted by Crippen LogP contribution is 2.36. The number of unbranched alkanes of at least 4 members (excludes halogenated alkanes) is 1. The molecule has 0 saturated carbocycles. The van der Waals surface area contributed by atoms with E-state index in [4.69, 9.17) is 4.74 Å². The minimum absolute atomic E-state index is 0.0453. The van der Waals surface area contributed by atoms with Gasteiger partial charge in [0.2, 0.25) is 0 Å². The molecule has 4 nitrogen and oxygen atoms in total. The summed E-state index contributed by atoms with van der Waals surface area (Å²) in [6.45, 7) is 4.74. The van der Waals surface area contributed by atoms with Crippen LogP contribution in [0, 0.1) is 5.92 Å². The zero-order valence-electron chi connectivity index (χ0n) is 12.7. The SMILES string of the molecule is CCCC[C@H]1[C@H](C)C(=O)N=C2OC[C@H](c3ccccc3)N21. The molecular formula is C17H22N2O2. The van der Waals surface area contributed by atoms with Crippen molar-refractivity contribution in [2.24, 2.45) is 10.9 Å². The number of amides is 1. The molecular weight excluding hydrogens is 264 g/mol. The van der Waals surface area contributed by atoms with Crippen LogP contribution in [0.25, 0.3) is 0 Å². The molecule has 1 aromatic carbocycles. The van der Waals surface area contributed by atoms with Crippen molar-refractivity contribution >= 4 is 11.9 Å². The van der Waals surface area contributed by atoms with Gasteiger partial charge in [0.15, 0.2) is 0 Å². The van der Waals surface area contributed by atoms with Crippen molar-refractivity contribution in [1.82, 2.24) is 4.90 Å². The van der Waals surface area contributed by atoms with Crippen molar-refractivity contribution < 1.29 is 9.53 Å². The largest absolute Gasteiger partial charge is 0.462 e. The van der Waals surface area contributed by atoms with E-state index in [2.05, 4.69) is 28.9 Å². The number of carbonyl (C=O) groups is 1. The van der Waals surface area contributed by atoms with Crippen molar-refractivity contribution in [3.63, 3.8) is 0 Å². The maximum Gasteiger partial charge on any atom is 0.296 e. The highest BCUT2D eigenvalue weighted by Gasteiger charge is 2.44. The highest BCUT2D eigenvalue weighted by atomic mass is 16.5. The van der Waals surface area contributed by atoms with Gasteiger partial charge in [0.1, 0.15) is 6.61 Å². The first-order valence-electron chi connectivity index (χ1n) is 7.81. The normalized spacial score (nSPS) is 28.1. The predicted octanol–water partition coefficient (Wildman–Crippen LogP) is 3.15. The maximum absolute atomic E-state index is 12.1. The van der Waals surface area contributed by atoms with Gasteiger partial charge in [0.25, 0.3) is 11.9 Å². The summed E-state index contributed by atoms with van der Waals surface area (Å²) in [5.41, 5.74) is 1.23. The molecule has 0 bridgehead atoms. The van der Waals surface area contributed by atoms with Crippen molar-refractivity contribution in [3.05, 3.63) is 35.9 Å². The average Bonchev–Trinajstić information content (AvgIpc) is 2.92. The molecule has 4 heteroatoms. The lowest BCUT2D eigenvalue weighted by Crippen LogP contribution is -2.48. The van der Waals surface area contributed by atoms with Crippen LogP contribution in [0.1, 0.15) is 44.7 Å². The van der Waals surface area contributed by atoms with Crippen molar-refractivity contribution in [1.29, 1.82) is 0 Å². The summed E-state index contributed by atoms with van der Waals surface area (Å²) >= 11 is 0. The summed E-state index contributed by atoms with van der Waals surface area (Å²) in [7, 11) is 0. The van der Waals surface area contributed by atoms with Gasteiger partial charge in [-0.25, -0.2) is 0 Å². The maximum atomic E-state index is 12.1. The minimum atomic E-state index is -0.0618. The van der Waals surface area contributed by atoms with Crippen molar-refractivity contribution in [3.8, 4) is 0 Å². The molecule has 0 aromatic heterocycles. The number of hydrogen-bond acceptors (Lipinski definition) is 3. The molecule has 112 valence electrons. The van der Waals surface area contributed by atoms with E-state index in [0.717, 1.165) is 19.3 Å². The molecule has 0 spiro atoms. The number of hydrogen-bond donors (Lipinski definition) is 0. The number of aliphatic imine (C=N–C) groups is 1. The smallest absolute Gasteiger partial charge is 0.296 e. The van der Waals surface area contributed by atoms with Crippen LogP contribution in [0.3, 0.4) is 0 Å². The molecule has 0 radical (unpaired) electrons. The summed E-state index contributed by atoms with van der Waals surface area (Å²) < 4.78 is 5.71. The fourth-order valence-electron chi connectivity index (χ4n) is 3.24. The van der Waals surface area contributed by atoms with Crippen LogP contribution in [0.5, 0.6) is 0 Å². The zero-order chi connectivity index (χ0) is 14.8. The van der Waals surface area contributed by atoms with Crippen molar-refractivity contribution in [2.45, 2.75) is 45.2 Å². The third-order valence-electron chi connectivity index (χ3n) is 4.49. The molecule has 1 saturated heterocycles. The van der Waals surface area contributed by atoms with Gasteiger partial charge in [0, 0.05) is 6.04 Å². The highest BCUT2D eigenvalue weighted by molar-refractivity contribution is 5.95. The Labute approximate surface area is 125 Å². The molecule has 21 heavy (non-hydrogen) atoms. The van der Waals surface area contributed by atoms with E-state index in [-0.39, 0.29) is 23.9 Å². The predicted molar refractivity (Wildman–Crippen MR) is 81.9 cm³/mol. The lowest BCUT2D eigenvalue weighted by atomic mass is 9.91. The summed E-state index contributed by atoms with van der Waals surface area (Å²) in [5.74, 6) is -0.107. The van der Waals surface area contributed by atoms with Crippen LogP contribution < -0.4 is 0 Å². The average molecular weight is 286 g/mol. The first kappa shape index (κ1) is 14.1. The number of carbonyl (C=O) groups excluding carboxylic acids is 1. The lowest BCUT2D eigenvalue weighted by Gasteiger charge is -2.37. The standard InChI is InChI=1S/C17H22N2O2/c1-3-4-10-14-12(2)16(20)18-17-19(14)15(11-21-17)13-8-6-5-7-9-13/h5-9,12,14-15H,3-4,10-11H2,1-2H3/t12-,14-,15+/m0/s1. The van der Waals surface area contributed by atoms with E-state index in [1.807, 2.05) is 25.1 Å². The third kappa shape index (κ3) is 2.55. The Kier molecular flexibility index (Phi) is 3.95. The van der Waals surface area contributed by atoms with Crippen LogP contribution in [0.15, 0.2) is 35.3 Å². The molecule has 1 amide bonds. The van der Waals surface area contributed by atoms with E-state index < -0.39 is 0 Å². The van der Waals surface area contributed by atoms with Gasteiger partial charge >= 0.3 is 0 Å². The lowest BCUT2D eigenvalue weighted by molar-refractivity contribution is -0.124. The molecule has 0 unspecified atom stereocenters. The van der Waals surface area contributed by atoms with Gasteiger partial charge < -0.3 is 9.64 Å². The Morgan fingerprint density at radius 3 is 2.81 bits per heavy atom. The molecule has 2 heterocycles. The number of amidine groups is 1. The Morgan fingerprint density at radius 1 is 1.33 bits per heavy atom. The summed E-state index contributed by atoms with van der Waals surface area (Å²) in [6, 6.07) is 11.2. The van der Waals surface area contributed by atoms with Gasteiger partial charge in [-0.15, -0.1) is 0 Å². The second kappa shape index (κ2) is 5.88. The van der Waals surface area contributed by atoms with E-state index in [1.165, 1.54) is 5.56 Å². The Morgan fingerprint density at radius 2 is 2.10 bits per heavy atom. The molecule has 2 aliphatic rings. The van der Waals surface area contributed by atoms with Crippen LogP contribution >= 0.6 is 0 Å². The first-order chi connectivity index (χ1) is 10.2. The van der Waals surface area contributed by atoms with E-state index in [9.17, 15) is 4.79 Å². The summed E-state index contributed by atoms with van der Waals surface area (Å²) in [6.07, 6.45) is 3.26. The minimum Gasteiger partial charge on any atom is -0.462 e. The molecule has 2 aliphatic heterocycles. The first-order valence-corrected chi connectivity index (χ1v) is 7.81. The van der Waals surface area contributed by atoms with Crippen LogP contribution in [-0.4, -0.2) is 29.5 Å². The summed E-state index contributed by atoms with van der Waals surface area (Å²) in [5, 5.41) is 0. The van der Waals surface area contributed by atoms with Gasteiger partial charge in [-0.1, -0.05) is 57.0 Å². The van der Waals surface area contributed by atoms with Crippen LogP contribution in [0.2, 0.25) is 0 Å². The fourth-order valence-corrected chi connectivity index (χ4v) is 3.24. The quantitative estimate of drug-likeness (QED) is 0.854. The Hall–Kier alpha value is -1.84. The molecule has 3 rings (SSSR count). The van der Waals surface area contributed by atoms with Gasteiger partial charge in [-0.3, -0.25) is 4.79 Å². The second-order valence-electron chi connectivity index (χ2n) is 5.88. The number of benzene rings is 1. The molecule has 1 fully saturated rings. The molecule has 0 aliphatic carbocycles. The number of rotatable bonds is 4. The van der Waals surface area contributed by atoms with E-state index in [1.54, 1.807) is 0 Å². The molecule has 0 N–H and O–H groups in total. The molecule has 1 aromatic rings. The van der Waals surface area contributed by atoms with Gasteiger partial charge in [-0.05, 0) is 12.0 Å². The zero-order valence-corrected chi connectivity index (χ0v) is 12.7. The number of ether oxygens (including phenoxy) is 1. The van der Waals surface area contributed by atoms with Crippen LogP contribution in [0.4, 0.5) is 0 Å². The third-order valence-corrected chi connectivity index (χ3v) is 4.49.